The third-order valence-corrected chi connectivity index (χ3v) is 9.74. The maximum atomic E-state index is 12.7. The molecule has 1 aliphatic heterocycles. The van der Waals surface area contributed by atoms with Crippen LogP contribution in [0.25, 0.3) is 0 Å². The third-order valence-electron chi connectivity index (χ3n) is 9.74. The summed E-state index contributed by atoms with van der Waals surface area (Å²) in [5, 5.41) is 39.9. The summed E-state index contributed by atoms with van der Waals surface area (Å²) in [4.78, 5) is 25.1. The number of hydrogen-bond acceptors (Lipinski definition) is 10. The van der Waals surface area contributed by atoms with Crippen molar-refractivity contribution in [3.8, 4) is 0 Å². The van der Waals surface area contributed by atoms with Crippen LogP contribution < -0.4 is 0 Å². The summed E-state index contributed by atoms with van der Waals surface area (Å²) in [5.74, 6) is -0.803. The highest BCUT2D eigenvalue weighted by molar-refractivity contribution is 5.70. The van der Waals surface area contributed by atoms with Gasteiger partial charge >= 0.3 is 11.9 Å². The van der Waals surface area contributed by atoms with E-state index in [9.17, 15) is 30.0 Å². The van der Waals surface area contributed by atoms with Crippen molar-refractivity contribution in [2.75, 3.05) is 19.8 Å². The average molecular weight is 717 g/mol. The molecule has 0 saturated carbocycles. The lowest BCUT2D eigenvalue weighted by Gasteiger charge is -2.39. The Labute approximate surface area is 304 Å². The Morgan fingerprint density at radius 3 is 1.36 bits per heavy atom. The van der Waals surface area contributed by atoms with Gasteiger partial charge in [0.05, 0.1) is 13.2 Å². The summed E-state index contributed by atoms with van der Waals surface area (Å²) in [5.41, 5.74) is 0. The molecule has 0 amide bonds. The first-order valence-corrected chi connectivity index (χ1v) is 20.6. The quantitative estimate of drug-likeness (QED) is 0.0383. The fraction of sp³-hybridized carbons (Fsp3) is 0.950. The van der Waals surface area contributed by atoms with Crippen LogP contribution in [0.5, 0.6) is 0 Å². The molecule has 0 bridgehead atoms. The number of ether oxygens (including phenoxy) is 4. The van der Waals surface area contributed by atoms with Crippen LogP contribution in [0.1, 0.15) is 187 Å². The highest BCUT2D eigenvalue weighted by Gasteiger charge is 2.44. The normalized spacial score (nSPS) is 21.3. The fourth-order valence-electron chi connectivity index (χ4n) is 6.42. The summed E-state index contributed by atoms with van der Waals surface area (Å²) < 4.78 is 22.0. The lowest BCUT2D eigenvalue weighted by atomic mass is 9.99. The van der Waals surface area contributed by atoms with Crippen molar-refractivity contribution in [1.29, 1.82) is 0 Å². The summed E-state index contributed by atoms with van der Waals surface area (Å²) >= 11 is 0. The van der Waals surface area contributed by atoms with Crippen LogP contribution in [0.3, 0.4) is 0 Å². The molecule has 1 aliphatic rings. The van der Waals surface area contributed by atoms with Crippen LogP contribution in [-0.2, 0) is 28.5 Å². The molecular formula is C40H76O10. The van der Waals surface area contributed by atoms with Crippen LogP contribution in [0.2, 0.25) is 0 Å². The summed E-state index contributed by atoms with van der Waals surface area (Å²) in [7, 11) is 0. The SMILES string of the molecule is CCCCCCCCCCCCCCCCCCCCC(=O)OC(COC(=O)CCCCCCCCC)COC1OC(CO)C(O)C(O)C1O. The van der Waals surface area contributed by atoms with E-state index in [1.165, 1.54) is 109 Å². The van der Waals surface area contributed by atoms with Crippen LogP contribution in [0, 0.1) is 0 Å². The Bertz CT molecular complexity index is 794. The molecule has 50 heavy (non-hydrogen) atoms. The number of unbranched alkanes of at least 4 members (excludes halogenated alkanes) is 23. The van der Waals surface area contributed by atoms with E-state index in [1.54, 1.807) is 0 Å². The van der Waals surface area contributed by atoms with Crippen molar-refractivity contribution in [1.82, 2.24) is 0 Å². The van der Waals surface area contributed by atoms with Crippen molar-refractivity contribution in [3.63, 3.8) is 0 Å². The van der Waals surface area contributed by atoms with E-state index in [0.717, 1.165) is 44.9 Å². The smallest absolute Gasteiger partial charge is 0.306 e. The largest absolute Gasteiger partial charge is 0.462 e. The van der Waals surface area contributed by atoms with E-state index in [2.05, 4.69) is 13.8 Å². The maximum Gasteiger partial charge on any atom is 0.306 e. The molecule has 0 spiro atoms. The van der Waals surface area contributed by atoms with Crippen LogP contribution in [-0.4, -0.2) is 89.0 Å². The predicted octanol–water partition coefficient (Wildman–Crippen LogP) is 7.83. The molecule has 296 valence electrons. The minimum absolute atomic E-state index is 0.211. The fourth-order valence-corrected chi connectivity index (χ4v) is 6.42. The predicted molar refractivity (Wildman–Crippen MR) is 197 cm³/mol. The molecule has 4 N–H and O–H groups in total. The summed E-state index contributed by atoms with van der Waals surface area (Å²) in [6, 6.07) is 0. The highest BCUT2D eigenvalue weighted by atomic mass is 16.7. The molecule has 1 heterocycles. The van der Waals surface area contributed by atoms with Gasteiger partial charge in [-0.05, 0) is 12.8 Å². The first-order chi connectivity index (χ1) is 24.3. The summed E-state index contributed by atoms with van der Waals surface area (Å²) in [6.07, 6.45) is 22.8. The molecule has 6 unspecified atom stereocenters. The van der Waals surface area contributed by atoms with E-state index in [4.69, 9.17) is 18.9 Å². The number of aliphatic hydroxyl groups excluding tert-OH is 4. The Balaban J connectivity index is 2.29. The number of rotatable bonds is 34. The standard InChI is InChI=1S/C40H76O10/c1-3-5-7-9-11-12-13-14-15-16-17-18-19-20-21-23-25-27-29-36(43)49-33(31-47-35(42)28-26-24-22-10-8-6-4-2)32-48-40-39(46)38(45)37(44)34(30-41)50-40/h33-34,37-41,44-46H,3-32H2,1-2H3. The number of esters is 2. The molecule has 1 rings (SSSR count). The molecule has 10 nitrogen and oxygen atoms in total. The molecule has 0 aromatic heterocycles. The Morgan fingerprint density at radius 2 is 0.940 bits per heavy atom. The number of carbonyl (C=O) groups is 2. The van der Waals surface area contributed by atoms with Gasteiger partial charge in [0, 0.05) is 12.8 Å². The zero-order chi connectivity index (χ0) is 36.7. The molecule has 0 radical (unpaired) electrons. The number of aliphatic hydroxyl groups is 4. The minimum Gasteiger partial charge on any atom is -0.462 e. The van der Waals surface area contributed by atoms with Crippen molar-refractivity contribution < 1.29 is 49.0 Å². The van der Waals surface area contributed by atoms with Gasteiger partial charge in [0.2, 0.25) is 0 Å². The first-order valence-electron chi connectivity index (χ1n) is 20.6. The van der Waals surface area contributed by atoms with E-state index >= 15 is 0 Å². The molecule has 1 fully saturated rings. The van der Waals surface area contributed by atoms with Crippen LogP contribution >= 0.6 is 0 Å². The van der Waals surface area contributed by atoms with E-state index in [-0.39, 0.29) is 32.0 Å². The second-order valence-electron chi connectivity index (χ2n) is 14.5. The van der Waals surface area contributed by atoms with Crippen molar-refractivity contribution >= 4 is 11.9 Å². The molecule has 1 saturated heterocycles. The zero-order valence-corrected chi connectivity index (χ0v) is 31.9. The van der Waals surface area contributed by atoms with Gasteiger partial charge in [-0.3, -0.25) is 9.59 Å². The first kappa shape index (κ1) is 46.7. The van der Waals surface area contributed by atoms with Gasteiger partial charge in [0.15, 0.2) is 12.4 Å². The molecule has 0 aromatic carbocycles. The second kappa shape index (κ2) is 32.4. The second-order valence-corrected chi connectivity index (χ2v) is 14.5. The van der Waals surface area contributed by atoms with E-state index in [1.807, 2.05) is 0 Å². The third kappa shape index (κ3) is 24.0. The van der Waals surface area contributed by atoms with Gasteiger partial charge in [0.1, 0.15) is 31.0 Å². The summed E-state index contributed by atoms with van der Waals surface area (Å²) in [6.45, 7) is 3.38. The zero-order valence-electron chi connectivity index (χ0n) is 31.9. The maximum absolute atomic E-state index is 12.7. The molecule has 6 atom stereocenters. The van der Waals surface area contributed by atoms with E-state index < -0.39 is 49.4 Å². The minimum atomic E-state index is -1.59. The van der Waals surface area contributed by atoms with Gasteiger partial charge < -0.3 is 39.4 Å². The van der Waals surface area contributed by atoms with Crippen molar-refractivity contribution in [2.45, 2.75) is 224 Å². The lowest BCUT2D eigenvalue weighted by Crippen LogP contribution is -2.59. The van der Waals surface area contributed by atoms with Gasteiger partial charge in [0.25, 0.3) is 0 Å². The van der Waals surface area contributed by atoms with Gasteiger partial charge in [-0.2, -0.15) is 0 Å². The molecule has 10 heteroatoms. The highest BCUT2D eigenvalue weighted by Crippen LogP contribution is 2.23. The van der Waals surface area contributed by atoms with Gasteiger partial charge in [-0.1, -0.05) is 162 Å². The van der Waals surface area contributed by atoms with Gasteiger partial charge in [-0.15, -0.1) is 0 Å². The monoisotopic (exact) mass is 717 g/mol. The Kier molecular flexibility index (Phi) is 30.2. The lowest BCUT2D eigenvalue weighted by molar-refractivity contribution is -0.305. The number of carbonyl (C=O) groups excluding carboxylic acids is 2. The van der Waals surface area contributed by atoms with Crippen LogP contribution in [0.4, 0.5) is 0 Å². The van der Waals surface area contributed by atoms with Gasteiger partial charge in [-0.25, -0.2) is 0 Å². The molecular weight excluding hydrogens is 640 g/mol. The Hall–Kier alpha value is -1.30. The van der Waals surface area contributed by atoms with E-state index in [0.29, 0.717) is 6.42 Å². The molecule has 0 aliphatic carbocycles. The molecule has 0 aromatic rings. The number of hydrogen-bond donors (Lipinski definition) is 4. The van der Waals surface area contributed by atoms with Crippen LogP contribution in [0.15, 0.2) is 0 Å². The van der Waals surface area contributed by atoms with Crippen molar-refractivity contribution in [2.24, 2.45) is 0 Å². The topological polar surface area (TPSA) is 152 Å². The Morgan fingerprint density at radius 1 is 0.540 bits per heavy atom. The van der Waals surface area contributed by atoms with Crippen molar-refractivity contribution in [3.05, 3.63) is 0 Å². The average Bonchev–Trinajstić information content (AvgIpc) is 3.11.